The van der Waals surface area contributed by atoms with Gasteiger partial charge in [0, 0.05) is 24.8 Å². The molecule has 2 heterocycles. The van der Waals surface area contributed by atoms with Gasteiger partial charge in [0.1, 0.15) is 5.82 Å². The second kappa shape index (κ2) is 6.33. The van der Waals surface area contributed by atoms with Crippen molar-refractivity contribution < 1.29 is 18.4 Å². The quantitative estimate of drug-likeness (QED) is 0.939. The second-order valence-corrected chi connectivity index (χ2v) is 5.14. The fourth-order valence-corrected chi connectivity index (χ4v) is 2.25. The molecule has 1 N–H and O–H groups in total. The van der Waals surface area contributed by atoms with Gasteiger partial charge in [0.05, 0.1) is 18.2 Å². The number of nitrogens with one attached hydrogen (secondary N) is 1. The van der Waals surface area contributed by atoms with Crippen LogP contribution >= 0.6 is 11.6 Å². The highest BCUT2D eigenvalue weighted by Gasteiger charge is 2.19. The van der Waals surface area contributed by atoms with E-state index in [1.54, 1.807) is 6.07 Å². The molecule has 116 valence electrons. The molecule has 2 aromatic rings. The maximum Gasteiger partial charge on any atom is 0.277 e. The lowest BCUT2D eigenvalue weighted by atomic mass is 10.3. The van der Waals surface area contributed by atoms with Crippen LogP contribution in [0.3, 0.4) is 0 Å². The molecule has 1 saturated heterocycles. The molecule has 3 rings (SSSR count). The Hall–Kier alpha value is -2.12. The van der Waals surface area contributed by atoms with Gasteiger partial charge < -0.3 is 19.5 Å². The molecule has 1 fully saturated rings. The molecule has 8 heteroatoms. The summed E-state index contributed by atoms with van der Waals surface area (Å²) >= 11 is 5.67. The van der Waals surface area contributed by atoms with Crippen molar-refractivity contribution in [1.82, 2.24) is 5.16 Å². The van der Waals surface area contributed by atoms with Gasteiger partial charge in [-0.05, 0) is 18.2 Å². The van der Waals surface area contributed by atoms with Crippen molar-refractivity contribution in [1.29, 1.82) is 0 Å². The molecule has 1 aromatic carbocycles. The van der Waals surface area contributed by atoms with E-state index in [1.807, 2.05) is 4.90 Å². The molecule has 22 heavy (non-hydrogen) atoms. The molecule has 0 radical (unpaired) electrons. The van der Waals surface area contributed by atoms with Crippen molar-refractivity contribution in [3.8, 4) is 0 Å². The van der Waals surface area contributed by atoms with Crippen LogP contribution in [0.15, 0.2) is 28.8 Å². The van der Waals surface area contributed by atoms with E-state index in [9.17, 15) is 9.18 Å². The van der Waals surface area contributed by atoms with Crippen LogP contribution in [0.4, 0.5) is 16.0 Å². The Balaban J connectivity index is 1.69. The van der Waals surface area contributed by atoms with Crippen LogP contribution in [0.25, 0.3) is 0 Å². The van der Waals surface area contributed by atoms with Crippen molar-refractivity contribution in [3.05, 3.63) is 40.8 Å². The molecule has 0 unspecified atom stereocenters. The number of ether oxygens (including phenoxy) is 1. The fraction of sp³-hybridized carbons (Fsp3) is 0.286. The lowest BCUT2D eigenvalue weighted by Gasteiger charge is -2.25. The number of amides is 1. The second-order valence-electron chi connectivity index (χ2n) is 4.73. The molecular formula is C14H13ClFN3O3. The van der Waals surface area contributed by atoms with Gasteiger partial charge >= 0.3 is 0 Å². The van der Waals surface area contributed by atoms with Gasteiger partial charge in [-0.1, -0.05) is 16.8 Å². The van der Waals surface area contributed by atoms with Gasteiger partial charge in [0.25, 0.3) is 5.91 Å². The Morgan fingerprint density at radius 3 is 2.82 bits per heavy atom. The molecule has 0 atom stereocenters. The first-order valence-corrected chi connectivity index (χ1v) is 7.07. The first-order chi connectivity index (χ1) is 10.6. The predicted molar refractivity (Wildman–Crippen MR) is 78.9 cm³/mol. The summed E-state index contributed by atoms with van der Waals surface area (Å²) < 4.78 is 23.5. The number of carbonyl (C=O) groups excluding carboxylic acids is 1. The largest absolute Gasteiger partial charge is 0.378 e. The Labute approximate surface area is 130 Å². The van der Waals surface area contributed by atoms with Crippen LogP contribution in [-0.4, -0.2) is 37.4 Å². The van der Waals surface area contributed by atoms with Gasteiger partial charge in [-0.2, -0.15) is 0 Å². The summed E-state index contributed by atoms with van der Waals surface area (Å²) in [5.41, 5.74) is 0.522. The maximum atomic E-state index is 13.1. The van der Waals surface area contributed by atoms with Crippen LogP contribution in [-0.2, 0) is 4.74 Å². The van der Waals surface area contributed by atoms with Crippen LogP contribution in [0, 0.1) is 5.82 Å². The maximum absolute atomic E-state index is 13.1. The summed E-state index contributed by atoms with van der Waals surface area (Å²) in [4.78, 5) is 14.0. The number of hydrogen-bond donors (Lipinski definition) is 1. The predicted octanol–water partition coefficient (Wildman–Crippen LogP) is 2.56. The Morgan fingerprint density at radius 1 is 1.32 bits per heavy atom. The molecule has 1 aromatic heterocycles. The SMILES string of the molecule is O=C(Nc1ccc(F)c(Cl)c1)c1cc(N2CCOCC2)on1. The number of halogens is 2. The number of morpholine rings is 1. The van der Waals surface area contributed by atoms with E-state index in [2.05, 4.69) is 10.5 Å². The number of hydrogen-bond acceptors (Lipinski definition) is 5. The van der Waals surface area contributed by atoms with Crippen molar-refractivity contribution in [2.45, 2.75) is 0 Å². The normalized spacial score (nSPS) is 14.9. The number of anilines is 2. The molecule has 1 aliphatic rings. The van der Waals surface area contributed by atoms with Crippen molar-refractivity contribution in [2.75, 3.05) is 36.5 Å². The summed E-state index contributed by atoms with van der Waals surface area (Å²) in [6.45, 7) is 2.58. The van der Waals surface area contributed by atoms with Crippen LogP contribution in [0.2, 0.25) is 5.02 Å². The molecule has 0 saturated carbocycles. The highest BCUT2D eigenvalue weighted by Crippen LogP contribution is 2.21. The first kappa shape index (κ1) is 14.8. The van der Waals surface area contributed by atoms with Gasteiger partial charge in [-0.25, -0.2) is 4.39 Å². The number of aromatic nitrogens is 1. The van der Waals surface area contributed by atoms with Crippen molar-refractivity contribution in [2.24, 2.45) is 0 Å². The van der Waals surface area contributed by atoms with E-state index >= 15 is 0 Å². The standard InChI is InChI=1S/C14H13ClFN3O3/c15-10-7-9(1-2-11(10)16)17-14(20)12-8-13(22-18-12)19-3-5-21-6-4-19/h1-2,7-8H,3-6H2,(H,17,20). The Bertz CT molecular complexity index is 686. The lowest BCUT2D eigenvalue weighted by Crippen LogP contribution is -2.35. The van der Waals surface area contributed by atoms with E-state index in [0.29, 0.717) is 37.9 Å². The molecule has 0 bridgehead atoms. The minimum atomic E-state index is -0.546. The number of carbonyl (C=O) groups is 1. The van der Waals surface area contributed by atoms with E-state index in [1.165, 1.54) is 18.2 Å². The van der Waals surface area contributed by atoms with Crippen LogP contribution < -0.4 is 10.2 Å². The van der Waals surface area contributed by atoms with Gasteiger partial charge in [-0.3, -0.25) is 4.79 Å². The topological polar surface area (TPSA) is 67.6 Å². The Kier molecular flexibility index (Phi) is 4.26. The summed E-state index contributed by atoms with van der Waals surface area (Å²) in [5, 5.41) is 6.27. The minimum Gasteiger partial charge on any atom is -0.378 e. The van der Waals surface area contributed by atoms with Crippen LogP contribution in [0.1, 0.15) is 10.5 Å². The highest BCUT2D eigenvalue weighted by molar-refractivity contribution is 6.31. The first-order valence-electron chi connectivity index (χ1n) is 6.69. The third kappa shape index (κ3) is 3.20. The van der Waals surface area contributed by atoms with E-state index < -0.39 is 11.7 Å². The summed E-state index contributed by atoms with van der Waals surface area (Å²) in [6.07, 6.45) is 0. The zero-order valence-electron chi connectivity index (χ0n) is 11.5. The molecule has 1 amide bonds. The monoisotopic (exact) mass is 325 g/mol. The highest BCUT2D eigenvalue weighted by atomic mass is 35.5. The smallest absolute Gasteiger partial charge is 0.277 e. The molecule has 0 spiro atoms. The fourth-order valence-electron chi connectivity index (χ4n) is 2.07. The lowest BCUT2D eigenvalue weighted by molar-refractivity contribution is 0.101. The van der Waals surface area contributed by atoms with Crippen molar-refractivity contribution >= 4 is 29.1 Å². The molecule has 6 nitrogen and oxygen atoms in total. The zero-order valence-corrected chi connectivity index (χ0v) is 12.3. The van der Waals surface area contributed by atoms with Gasteiger partial charge in [0.15, 0.2) is 5.69 Å². The summed E-state index contributed by atoms with van der Waals surface area (Å²) in [6, 6.07) is 5.49. The third-order valence-corrected chi connectivity index (χ3v) is 3.52. The molecule has 1 aliphatic heterocycles. The summed E-state index contributed by atoms with van der Waals surface area (Å²) in [5.74, 6) is -0.479. The average Bonchev–Trinajstić information content (AvgIpc) is 3.02. The molecular weight excluding hydrogens is 313 g/mol. The van der Waals surface area contributed by atoms with Gasteiger partial charge in [-0.15, -0.1) is 0 Å². The van der Waals surface area contributed by atoms with E-state index in [0.717, 1.165) is 0 Å². The number of benzene rings is 1. The van der Waals surface area contributed by atoms with E-state index in [4.69, 9.17) is 20.9 Å². The van der Waals surface area contributed by atoms with E-state index in [-0.39, 0.29) is 10.7 Å². The van der Waals surface area contributed by atoms with Crippen molar-refractivity contribution in [3.63, 3.8) is 0 Å². The number of rotatable bonds is 3. The van der Waals surface area contributed by atoms with Crippen LogP contribution in [0.5, 0.6) is 0 Å². The number of nitrogens with zero attached hydrogens (tertiary/aromatic N) is 2. The third-order valence-electron chi connectivity index (χ3n) is 3.23. The van der Waals surface area contributed by atoms with Gasteiger partial charge in [0.2, 0.25) is 5.88 Å². The zero-order chi connectivity index (χ0) is 15.5. The Morgan fingerprint density at radius 2 is 2.09 bits per heavy atom. The minimum absolute atomic E-state index is 0.0630. The summed E-state index contributed by atoms with van der Waals surface area (Å²) in [7, 11) is 0. The molecule has 0 aliphatic carbocycles. The average molecular weight is 326 g/mol.